The standard InChI is InChI=1S/C27H37NO5/c1-5-6-7-8-12-21-25(27(30)33-15-14-31-3)18(2)28-22-16-19(17-23(29)26(21)22)20-11-9-10-13-24(20)32-4/h9-11,13,19,21,28H,5-8,12,14-17H2,1-4H3. The van der Waals surface area contributed by atoms with Gasteiger partial charge in [0, 0.05) is 42.3 Å². The molecule has 0 bridgehead atoms. The molecule has 0 saturated heterocycles. The predicted octanol–water partition coefficient (Wildman–Crippen LogP) is 5.05. The van der Waals surface area contributed by atoms with Gasteiger partial charge in [0.15, 0.2) is 5.78 Å². The number of allylic oxidation sites excluding steroid dienone is 3. The molecule has 1 aliphatic heterocycles. The lowest BCUT2D eigenvalue weighted by Gasteiger charge is -2.36. The number of carbonyl (C=O) groups is 2. The van der Waals surface area contributed by atoms with Crippen molar-refractivity contribution in [3.8, 4) is 5.75 Å². The highest BCUT2D eigenvalue weighted by molar-refractivity contribution is 6.02. The van der Waals surface area contributed by atoms with Crippen LogP contribution in [0, 0.1) is 5.92 Å². The van der Waals surface area contributed by atoms with E-state index in [1.54, 1.807) is 14.2 Å². The van der Waals surface area contributed by atoms with Gasteiger partial charge in [-0.05, 0) is 31.4 Å². The van der Waals surface area contributed by atoms with Crippen molar-refractivity contribution in [1.29, 1.82) is 0 Å². The number of rotatable bonds is 11. The molecule has 0 radical (unpaired) electrons. The predicted molar refractivity (Wildman–Crippen MR) is 128 cm³/mol. The maximum absolute atomic E-state index is 13.5. The van der Waals surface area contributed by atoms with Crippen LogP contribution in [0.3, 0.4) is 0 Å². The second-order valence-corrected chi connectivity index (χ2v) is 8.86. The van der Waals surface area contributed by atoms with Crippen molar-refractivity contribution in [3.05, 3.63) is 52.4 Å². The Kier molecular flexibility index (Phi) is 9.12. The molecule has 0 spiro atoms. The smallest absolute Gasteiger partial charge is 0.336 e. The number of methoxy groups -OCH3 is 2. The summed E-state index contributed by atoms with van der Waals surface area (Å²) >= 11 is 0. The quantitative estimate of drug-likeness (QED) is 0.372. The summed E-state index contributed by atoms with van der Waals surface area (Å²) in [7, 11) is 3.24. The number of Topliss-reactive ketones (excluding diaryl/α,β-unsaturated/α-hetero) is 1. The first-order chi connectivity index (χ1) is 16.0. The fraction of sp³-hybridized carbons (Fsp3) is 0.556. The first-order valence-electron chi connectivity index (χ1n) is 12.0. The van der Waals surface area contributed by atoms with Crippen molar-refractivity contribution >= 4 is 11.8 Å². The fourth-order valence-electron chi connectivity index (χ4n) is 5.03. The van der Waals surface area contributed by atoms with Crippen LogP contribution in [0.25, 0.3) is 0 Å². The summed E-state index contributed by atoms with van der Waals surface area (Å²) in [6, 6.07) is 7.90. The van der Waals surface area contributed by atoms with E-state index in [-0.39, 0.29) is 30.2 Å². The Hall–Kier alpha value is -2.60. The molecule has 0 amide bonds. The number of nitrogens with one attached hydrogen (secondary N) is 1. The third kappa shape index (κ3) is 5.85. The van der Waals surface area contributed by atoms with Crippen LogP contribution < -0.4 is 10.1 Å². The van der Waals surface area contributed by atoms with Crippen LogP contribution in [0.1, 0.15) is 70.3 Å². The number of dihydropyridines is 1. The Morgan fingerprint density at radius 1 is 1.09 bits per heavy atom. The van der Waals surface area contributed by atoms with Crippen LogP contribution >= 0.6 is 0 Å². The Morgan fingerprint density at radius 3 is 2.61 bits per heavy atom. The number of hydrogen-bond acceptors (Lipinski definition) is 6. The average molecular weight is 456 g/mol. The van der Waals surface area contributed by atoms with Gasteiger partial charge in [-0.15, -0.1) is 0 Å². The SMILES string of the molecule is CCCCCCC1C(C(=O)OCCOC)=C(C)NC2=C1C(=O)CC(c1ccccc1OC)C2. The highest BCUT2D eigenvalue weighted by atomic mass is 16.6. The monoisotopic (exact) mass is 455 g/mol. The lowest BCUT2D eigenvalue weighted by Crippen LogP contribution is -2.37. The largest absolute Gasteiger partial charge is 0.496 e. The Balaban J connectivity index is 1.90. The second-order valence-electron chi connectivity index (χ2n) is 8.86. The minimum atomic E-state index is -0.358. The van der Waals surface area contributed by atoms with Gasteiger partial charge < -0.3 is 19.5 Å². The molecular weight excluding hydrogens is 418 g/mol. The van der Waals surface area contributed by atoms with E-state index >= 15 is 0 Å². The molecule has 1 aromatic rings. The number of ketones is 1. The summed E-state index contributed by atoms with van der Waals surface area (Å²) in [6.45, 7) is 4.63. The minimum Gasteiger partial charge on any atom is -0.496 e. The van der Waals surface area contributed by atoms with Crippen molar-refractivity contribution in [2.45, 2.75) is 64.7 Å². The molecule has 6 heteroatoms. The van der Waals surface area contributed by atoms with E-state index in [4.69, 9.17) is 14.2 Å². The fourth-order valence-corrected chi connectivity index (χ4v) is 5.03. The molecule has 1 heterocycles. The van der Waals surface area contributed by atoms with Crippen molar-refractivity contribution < 1.29 is 23.8 Å². The first-order valence-corrected chi connectivity index (χ1v) is 12.0. The van der Waals surface area contributed by atoms with Gasteiger partial charge in [-0.1, -0.05) is 50.8 Å². The van der Waals surface area contributed by atoms with Gasteiger partial charge in [0.05, 0.1) is 19.3 Å². The summed E-state index contributed by atoms with van der Waals surface area (Å²) in [6.07, 6.45) is 6.26. The molecule has 0 saturated carbocycles. The van der Waals surface area contributed by atoms with E-state index in [1.165, 1.54) is 0 Å². The van der Waals surface area contributed by atoms with Crippen LogP contribution in [-0.2, 0) is 19.1 Å². The molecule has 2 aliphatic rings. The molecule has 6 nitrogen and oxygen atoms in total. The molecule has 0 aromatic heterocycles. The van der Waals surface area contributed by atoms with Crippen LogP contribution in [0.15, 0.2) is 46.8 Å². The number of unbranched alkanes of at least 4 members (excludes halogenated alkanes) is 3. The maximum Gasteiger partial charge on any atom is 0.336 e. The number of benzene rings is 1. The van der Waals surface area contributed by atoms with E-state index in [9.17, 15) is 9.59 Å². The van der Waals surface area contributed by atoms with E-state index in [1.807, 2.05) is 31.2 Å². The van der Waals surface area contributed by atoms with E-state index in [0.29, 0.717) is 18.6 Å². The van der Waals surface area contributed by atoms with Crippen LogP contribution in [0.5, 0.6) is 5.75 Å². The molecule has 33 heavy (non-hydrogen) atoms. The number of para-hydroxylation sites is 1. The highest BCUT2D eigenvalue weighted by Crippen LogP contribution is 2.44. The van der Waals surface area contributed by atoms with E-state index in [2.05, 4.69) is 12.2 Å². The maximum atomic E-state index is 13.5. The van der Waals surface area contributed by atoms with Crippen LogP contribution in [-0.4, -0.2) is 39.2 Å². The Bertz CT molecular complexity index is 917. The van der Waals surface area contributed by atoms with Gasteiger partial charge in [-0.2, -0.15) is 0 Å². The molecule has 1 N–H and O–H groups in total. The van der Waals surface area contributed by atoms with Crippen molar-refractivity contribution in [3.63, 3.8) is 0 Å². The van der Waals surface area contributed by atoms with Gasteiger partial charge in [-0.25, -0.2) is 4.79 Å². The van der Waals surface area contributed by atoms with Gasteiger partial charge in [0.25, 0.3) is 0 Å². The average Bonchev–Trinajstić information content (AvgIpc) is 2.81. The third-order valence-electron chi connectivity index (χ3n) is 6.61. The molecule has 2 atom stereocenters. The zero-order chi connectivity index (χ0) is 23.8. The van der Waals surface area contributed by atoms with E-state index in [0.717, 1.165) is 66.8 Å². The lowest BCUT2D eigenvalue weighted by molar-refractivity contribution is -0.141. The third-order valence-corrected chi connectivity index (χ3v) is 6.61. The first kappa shape index (κ1) is 25.0. The van der Waals surface area contributed by atoms with Gasteiger partial charge in [0.2, 0.25) is 0 Å². The summed E-state index contributed by atoms with van der Waals surface area (Å²) in [5, 5.41) is 3.40. The number of esters is 1. The van der Waals surface area contributed by atoms with Crippen molar-refractivity contribution in [1.82, 2.24) is 5.32 Å². The molecule has 3 rings (SSSR count). The van der Waals surface area contributed by atoms with Crippen molar-refractivity contribution in [2.24, 2.45) is 5.92 Å². The zero-order valence-corrected chi connectivity index (χ0v) is 20.4. The molecule has 1 aliphatic carbocycles. The van der Waals surface area contributed by atoms with Crippen LogP contribution in [0.4, 0.5) is 0 Å². The molecule has 2 unspecified atom stereocenters. The Labute approximate surface area is 197 Å². The summed E-state index contributed by atoms with van der Waals surface area (Å²) in [5.74, 6) is 0.377. The van der Waals surface area contributed by atoms with Crippen LogP contribution in [0.2, 0.25) is 0 Å². The molecule has 0 fully saturated rings. The van der Waals surface area contributed by atoms with Gasteiger partial charge in [0.1, 0.15) is 12.4 Å². The molecular formula is C27H37NO5. The Morgan fingerprint density at radius 2 is 1.88 bits per heavy atom. The topological polar surface area (TPSA) is 73.9 Å². The summed E-state index contributed by atoms with van der Waals surface area (Å²) in [4.78, 5) is 26.5. The molecule has 1 aromatic carbocycles. The highest BCUT2D eigenvalue weighted by Gasteiger charge is 2.40. The number of ether oxygens (including phenoxy) is 3. The zero-order valence-electron chi connectivity index (χ0n) is 20.4. The van der Waals surface area contributed by atoms with Gasteiger partial charge >= 0.3 is 5.97 Å². The van der Waals surface area contributed by atoms with Gasteiger partial charge in [-0.3, -0.25) is 4.79 Å². The number of carbonyl (C=O) groups excluding carboxylic acids is 2. The summed E-state index contributed by atoms with van der Waals surface area (Å²) in [5.41, 5.74) is 4.12. The van der Waals surface area contributed by atoms with E-state index < -0.39 is 0 Å². The second kappa shape index (κ2) is 12.0. The summed E-state index contributed by atoms with van der Waals surface area (Å²) < 4.78 is 16.0. The van der Waals surface area contributed by atoms with Crippen molar-refractivity contribution in [2.75, 3.05) is 27.4 Å². The number of hydrogen-bond donors (Lipinski definition) is 1. The normalized spacial score (nSPS) is 20.4. The molecule has 180 valence electrons. The lowest BCUT2D eigenvalue weighted by atomic mass is 9.72. The minimum absolute atomic E-state index is 0.0450.